The number of hydrogen-bond donors (Lipinski definition) is 1. The quantitative estimate of drug-likeness (QED) is 0.904. The van der Waals surface area contributed by atoms with Crippen LogP contribution in [0.25, 0.3) is 0 Å². The third-order valence-electron chi connectivity index (χ3n) is 4.09. The lowest BCUT2D eigenvalue weighted by atomic mass is 10.0. The molecule has 4 nitrogen and oxygen atoms in total. The van der Waals surface area contributed by atoms with Crippen LogP contribution < -0.4 is 10.1 Å². The number of benzene rings is 1. The van der Waals surface area contributed by atoms with Gasteiger partial charge in [0.2, 0.25) is 0 Å². The van der Waals surface area contributed by atoms with Crippen LogP contribution in [0, 0.1) is 0 Å². The average Bonchev–Trinajstić information content (AvgIpc) is 3.07. The Balaban J connectivity index is 1.64. The van der Waals surface area contributed by atoms with E-state index in [1.807, 2.05) is 12.1 Å². The van der Waals surface area contributed by atoms with Gasteiger partial charge in [-0.05, 0) is 17.7 Å². The Hall–Kier alpha value is -0.810. The van der Waals surface area contributed by atoms with Crippen molar-refractivity contribution >= 4 is 11.6 Å². The first kappa shape index (κ1) is 14.1. The standard InChI is InChI=1S/C15H20ClNO3/c1-18-15(3-5-19-10-15)9-17-8-12-7-13(16)6-11-2-4-20-14(11)12/h6-7,17H,2-5,8-10H2,1H3. The van der Waals surface area contributed by atoms with Crippen LogP contribution in [0.5, 0.6) is 5.75 Å². The van der Waals surface area contributed by atoms with Gasteiger partial charge in [-0.15, -0.1) is 0 Å². The molecule has 0 amide bonds. The van der Waals surface area contributed by atoms with Gasteiger partial charge in [-0.1, -0.05) is 11.6 Å². The fourth-order valence-corrected chi connectivity index (χ4v) is 3.13. The molecule has 0 saturated carbocycles. The Morgan fingerprint density at radius 2 is 2.30 bits per heavy atom. The van der Waals surface area contributed by atoms with E-state index in [1.165, 1.54) is 5.56 Å². The molecule has 1 fully saturated rings. The summed E-state index contributed by atoms with van der Waals surface area (Å²) in [6, 6.07) is 3.97. The van der Waals surface area contributed by atoms with Gasteiger partial charge in [-0.2, -0.15) is 0 Å². The lowest BCUT2D eigenvalue weighted by Gasteiger charge is -2.26. The molecule has 110 valence electrons. The summed E-state index contributed by atoms with van der Waals surface area (Å²) in [7, 11) is 1.75. The first-order chi connectivity index (χ1) is 9.72. The molecule has 1 aromatic rings. The lowest BCUT2D eigenvalue weighted by molar-refractivity contribution is -0.0159. The van der Waals surface area contributed by atoms with Crippen molar-refractivity contribution in [2.75, 3.05) is 33.5 Å². The minimum Gasteiger partial charge on any atom is -0.493 e. The Morgan fingerprint density at radius 1 is 1.40 bits per heavy atom. The predicted molar refractivity (Wildman–Crippen MR) is 77.5 cm³/mol. The van der Waals surface area contributed by atoms with Crippen molar-refractivity contribution in [1.29, 1.82) is 0 Å². The topological polar surface area (TPSA) is 39.7 Å². The number of nitrogens with one attached hydrogen (secondary N) is 1. The van der Waals surface area contributed by atoms with Gasteiger partial charge in [-0.3, -0.25) is 0 Å². The van der Waals surface area contributed by atoms with Gasteiger partial charge in [0.15, 0.2) is 0 Å². The molecule has 0 spiro atoms. The summed E-state index contributed by atoms with van der Waals surface area (Å²) in [4.78, 5) is 0. The van der Waals surface area contributed by atoms with E-state index in [4.69, 9.17) is 25.8 Å². The van der Waals surface area contributed by atoms with Crippen molar-refractivity contribution in [3.8, 4) is 5.75 Å². The maximum absolute atomic E-state index is 6.16. The number of methoxy groups -OCH3 is 1. The first-order valence-electron chi connectivity index (χ1n) is 7.00. The SMILES string of the molecule is COC1(CNCc2cc(Cl)cc3c2OCC3)CCOC1. The van der Waals surface area contributed by atoms with Gasteiger partial charge in [0.05, 0.1) is 13.2 Å². The van der Waals surface area contributed by atoms with Gasteiger partial charge >= 0.3 is 0 Å². The lowest BCUT2D eigenvalue weighted by Crippen LogP contribution is -2.42. The normalized spacial score (nSPS) is 24.7. The molecule has 3 rings (SSSR count). The van der Waals surface area contributed by atoms with E-state index in [9.17, 15) is 0 Å². The molecule has 1 aromatic carbocycles. The van der Waals surface area contributed by atoms with E-state index in [-0.39, 0.29) is 5.60 Å². The average molecular weight is 298 g/mol. The molecular weight excluding hydrogens is 278 g/mol. The third-order valence-corrected chi connectivity index (χ3v) is 4.31. The van der Waals surface area contributed by atoms with E-state index in [0.29, 0.717) is 6.61 Å². The van der Waals surface area contributed by atoms with Crippen LogP contribution in [0.4, 0.5) is 0 Å². The first-order valence-corrected chi connectivity index (χ1v) is 7.38. The van der Waals surface area contributed by atoms with Crippen molar-refractivity contribution in [1.82, 2.24) is 5.32 Å². The highest BCUT2D eigenvalue weighted by Crippen LogP contribution is 2.33. The molecule has 0 aromatic heterocycles. The Morgan fingerprint density at radius 3 is 3.05 bits per heavy atom. The van der Waals surface area contributed by atoms with Crippen LogP contribution in [-0.4, -0.2) is 39.1 Å². The smallest absolute Gasteiger partial charge is 0.127 e. The van der Waals surface area contributed by atoms with Gasteiger partial charge in [0.25, 0.3) is 0 Å². The van der Waals surface area contributed by atoms with Gasteiger partial charge < -0.3 is 19.5 Å². The predicted octanol–water partition coefficient (Wildman–Crippen LogP) is 2.17. The number of hydrogen-bond acceptors (Lipinski definition) is 4. The van der Waals surface area contributed by atoms with Crippen LogP contribution in [0.3, 0.4) is 0 Å². The molecule has 20 heavy (non-hydrogen) atoms. The minimum atomic E-state index is -0.192. The highest BCUT2D eigenvalue weighted by molar-refractivity contribution is 6.30. The van der Waals surface area contributed by atoms with Crippen LogP contribution in [0.2, 0.25) is 5.02 Å². The van der Waals surface area contributed by atoms with Gasteiger partial charge in [0, 0.05) is 50.2 Å². The molecule has 0 bridgehead atoms. The molecular formula is C15H20ClNO3. The van der Waals surface area contributed by atoms with E-state index in [1.54, 1.807) is 7.11 Å². The fraction of sp³-hybridized carbons (Fsp3) is 0.600. The van der Waals surface area contributed by atoms with Crippen molar-refractivity contribution in [3.63, 3.8) is 0 Å². The molecule has 1 unspecified atom stereocenters. The molecule has 1 saturated heterocycles. The summed E-state index contributed by atoms with van der Waals surface area (Å²) in [5.74, 6) is 0.996. The van der Waals surface area contributed by atoms with Crippen LogP contribution in [0.15, 0.2) is 12.1 Å². The molecule has 0 radical (unpaired) electrons. The van der Waals surface area contributed by atoms with Gasteiger partial charge in [-0.25, -0.2) is 0 Å². The minimum absolute atomic E-state index is 0.192. The zero-order valence-corrected chi connectivity index (χ0v) is 12.5. The second-order valence-corrected chi connectivity index (χ2v) is 5.88. The maximum atomic E-state index is 6.16. The summed E-state index contributed by atoms with van der Waals surface area (Å²) in [5.41, 5.74) is 2.14. The summed E-state index contributed by atoms with van der Waals surface area (Å²) >= 11 is 6.16. The molecule has 1 atom stereocenters. The zero-order chi connectivity index (χ0) is 14.0. The summed E-state index contributed by atoms with van der Waals surface area (Å²) in [6.07, 6.45) is 1.87. The number of halogens is 1. The Kier molecular flexibility index (Phi) is 4.17. The molecule has 2 aliphatic rings. The van der Waals surface area contributed by atoms with Crippen LogP contribution in [-0.2, 0) is 22.4 Å². The fourth-order valence-electron chi connectivity index (χ4n) is 2.86. The van der Waals surface area contributed by atoms with Crippen LogP contribution in [0.1, 0.15) is 17.5 Å². The van der Waals surface area contributed by atoms with Crippen molar-refractivity contribution in [2.45, 2.75) is 25.0 Å². The number of ether oxygens (including phenoxy) is 3. The summed E-state index contributed by atoms with van der Waals surface area (Å²) < 4.78 is 16.7. The zero-order valence-electron chi connectivity index (χ0n) is 11.7. The second kappa shape index (κ2) is 5.90. The van der Waals surface area contributed by atoms with Crippen LogP contribution >= 0.6 is 11.6 Å². The second-order valence-electron chi connectivity index (χ2n) is 5.44. The van der Waals surface area contributed by atoms with E-state index >= 15 is 0 Å². The van der Waals surface area contributed by atoms with Gasteiger partial charge in [0.1, 0.15) is 11.4 Å². The van der Waals surface area contributed by atoms with E-state index in [0.717, 1.165) is 55.5 Å². The number of rotatable bonds is 5. The maximum Gasteiger partial charge on any atom is 0.127 e. The van der Waals surface area contributed by atoms with Crippen molar-refractivity contribution in [2.24, 2.45) is 0 Å². The Labute approximate surface area is 124 Å². The van der Waals surface area contributed by atoms with E-state index < -0.39 is 0 Å². The highest BCUT2D eigenvalue weighted by atomic mass is 35.5. The molecule has 2 heterocycles. The molecule has 2 aliphatic heterocycles. The van der Waals surface area contributed by atoms with E-state index in [2.05, 4.69) is 5.32 Å². The molecule has 0 aliphatic carbocycles. The Bertz CT molecular complexity index is 486. The van der Waals surface area contributed by atoms with Crippen molar-refractivity contribution < 1.29 is 14.2 Å². The number of fused-ring (bicyclic) bond motifs is 1. The largest absolute Gasteiger partial charge is 0.493 e. The third kappa shape index (κ3) is 2.79. The summed E-state index contributed by atoms with van der Waals surface area (Å²) in [6.45, 7) is 3.67. The molecule has 1 N–H and O–H groups in total. The highest BCUT2D eigenvalue weighted by Gasteiger charge is 2.34. The molecule has 5 heteroatoms. The van der Waals surface area contributed by atoms with Crippen molar-refractivity contribution in [3.05, 3.63) is 28.3 Å². The monoisotopic (exact) mass is 297 g/mol. The summed E-state index contributed by atoms with van der Waals surface area (Å²) in [5, 5.41) is 4.22.